The number of hydrogen-bond donors (Lipinski definition) is 1. The van der Waals surface area contributed by atoms with Crippen molar-refractivity contribution in [1.82, 2.24) is 0 Å². The van der Waals surface area contributed by atoms with E-state index in [1.165, 1.54) is 5.39 Å². The normalized spacial score (nSPS) is 9.91. The minimum atomic E-state index is 0.323. The number of rotatable bonds is 1. The first-order chi connectivity index (χ1) is 11.4. The third kappa shape index (κ3) is 3.58. The van der Waals surface area contributed by atoms with Gasteiger partial charge in [0.15, 0.2) is 0 Å². The number of aromatic hydroxyl groups is 1. The van der Waals surface area contributed by atoms with Crippen LogP contribution in [0.4, 0.5) is 0 Å². The second kappa shape index (κ2) is 7.28. The van der Waals surface area contributed by atoms with E-state index in [1.807, 2.05) is 78.9 Å². The van der Waals surface area contributed by atoms with Gasteiger partial charge in [-0.25, -0.2) is 0 Å². The van der Waals surface area contributed by atoms with Gasteiger partial charge in [-0.2, -0.15) is 0 Å². The molecule has 0 aliphatic carbocycles. The number of phenols is 1. The maximum absolute atomic E-state index is 9.92. The van der Waals surface area contributed by atoms with Crippen molar-refractivity contribution in [3.05, 3.63) is 103 Å². The van der Waals surface area contributed by atoms with E-state index in [-0.39, 0.29) is 0 Å². The van der Waals surface area contributed by atoms with Gasteiger partial charge in [0.25, 0.3) is 0 Å². The van der Waals surface area contributed by atoms with Crippen molar-refractivity contribution in [2.45, 2.75) is 0 Å². The molecule has 112 valence electrons. The molecule has 23 heavy (non-hydrogen) atoms. The molecule has 4 aromatic rings. The number of phenolic OH excluding ortho intramolecular Hbond substituents is 1. The van der Waals surface area contributed by atoms with Crippen molar-refractivity contribution >= 4 is 10.8 Å². The summed E-state index contributed by atoms with van der Waals surface area (Å²) in [5.74, 6) is 0.323. The fourth-order valence-electron chi connectivity index (χ4n) is 2.55. The molecule has 0 radical (unpaired) electrons. The number of fused-ring (bicyclic) bond motifs is 1. The Morgan fingerprint density at radius 1 is 0.435 bits per heavy atom. The molecule has 0 amide bonds. The van der Waals surface area contributed by atoms with E-state index in [4.69, 9.17) is 0 Å². The first-order valence-corrected chi connectivity index (χ1v) is 7.62. The molecule has 0 bridgehead atoms. The maximum atomic E-state index is 9.92. The Bertz CT molecular complexity index is 850. The van der Waals surface area contributed by atoms with Crippen LogP contribution in [0.3, 0.4) is 0 Å². The second-order valence-corrected chi connectivity index (χ2v) is 5.20. The van der Waals surface area contributed by atoms with Gasteiger partial charge >= 0.3 is 0 Å². The Morgan fingerprint density at radius 3 is 1.65 bits per heavy atom. The van der Waals surface area contributed by atoms with Crippen molar-refractivity contribution < 1.29 is 5.11 Å². The minimum Gasteiger partial charge on any atom is -0.507 e. The van der Waals surface area contributed by atoms with Crippen LogP contribution in [0.2, 0.25) is 0 Å². The summed E-state index contributed by atoms with van der Waals surface area (Å²) in [4.78, 5) is 0. The molecule has 4 rings (SSSR count). The van der Waals surface area contributed by atoms with E-state index in [9.17, 15) is 5.11 Å². The van der Waals surface area contributed by atoms with Gasteiger partial charge < -0.3 is 5.11 Å². The van der Waals surface area contributed by atoms with Gasteiger partial charge in [-0.1, -0.05) is 97.1 Å². The van der Waals surface area contributed by atoms with E-state index < -0.39 is 0 Å². The predicted molar refractivity (Wildman–Crippen MR) is 97.5 cm³/mol. The Hall–Kier alpha value is -3.06. The highest BCUT2D eigenvalue weighted by molar-refractivity contribution is 5.97. The van der Waals surface area contributed by atoms with Gasteiger partial charge in [0.2, 0.25) is 0 Å². The van der Waals surface area contributed by atoms with Crippen LogP contribution in [0.25, 0.3) is 21.9 Å². The summed E-state index contributed by atoms with van der Waals surface area (Å²) < 4.78 is 0. The summed E-state index contributed by atoms with van der Waals surface area (Å²) in [5, 5.41) is 12.3. The third-order valence-electron chi connectivity index (χ3n) is 3.65. The lowest BCUT2D eigenvalue weighted by molar-refractivity contribution is 0.477. The van der Waals surface area contributed by atoms with Crippen molar-refractivity contribution in [1.29, 1.82) is 0 Å². The molecule has 0 saturated carbocycles. The quantitative estimate of drug-likeness (QED) is 0.464. The average Bonchev–Trinajstić information content (AvgIpc) is 2.64. The van der Waals surface area contributed by atoms with E-state index in [0.717, 1.165) is 16.5 Å². The number of hydrogen-bond acceptors (Lipinski definition) is 1. The summed E-state index contributed by atoms with van der Waals surface area (Å²) in [6, 6.07) is 33.8. The van der Waals surface area contributed by atoms with Crippen molar-refractivity contribution in [3.63, 3.8) is 0 Å². The van der Waals surface area contributed by atoms with Crippen LogP contribution in [0.15, 0.2) is 103 Å². The summed E-state index contributed by atoms with van der Waals surface area (Å²) in [5.41, 5.74) is 1.95. The number of para-hydroxylation sites is 1. The zero-order valence-electron chi connectivity index (χ0n) is 12.8. The topological polar surface area (TPSA) is 20.2 Å². The summed E-state index contributed by atoms with van der Waals surface area (Å²) in [6.07, 6.45) is 0. The third-order valence-corrected chi connectivity index (χ3v) is 3.65. The summed E-state index contributed by atoms with van der Waals surface area (Å²) in [6.45, 7) is 0. The van der Waals surface area contributed by atoms with E-state index in [1.54, 1.807) is 6.07 Å². The van der Waals surface area contributed by atoms with Crippen LogP contribution in [0.5, 0.6) is 5.75 Å². The van der Waals surface area contributed by atoms with Gasteiger partial charge in [0.1, 0.15) is 5.75 Å². The highest BCUT2D eigenvalue weighted by atomic mass is 16.3. The van der Waals surface area contributed by atoms with E-state index >= 15 is 0 Å². The highest BCUT2D eigenvalue weighted by Gasteiger charge is 2.06. The lowest BCUT2D eigenvalue weighted by atomic mass is 9.98. The lowest BCUT2D eigenvalue weighted by Gasteiger charge is -2.08. The van der Waals surface area contributed by atoms with Crippen LogP contribution in [-0.2, 0) is 0 Å². The Morgan fingerprint density at radius 2 is 0.957 bits per heavy atom. The fourth-order valence-corrected chi connectivity index (χ4v) is 2.55. The standard InChI is InChI=1S/C16H12O.C6H6/c17-16-11-4-3-9-15(16)14-10-5-7-12-6-1-2-8-13(12)14;1-2-4-6-5-3-1/h1-11,17H;1-6H. The molecular weight excluding hydrogens is 280 g/mol. The van der Waals surface area contributed by atoms with Gasteiger partial charge in [-0.15, -0.1) is 0 Å². The molecule has 0 spiro atoms. The Balaban J connectivity index is 0.000000220. The smallest absolute Gasteiger partial charge is 0.123 e. The van der Waals surface area contributed by atoms with Gasteiger partial charge in [0, 0.05) is 5.56 Å². The molecule has 1 N–H and O–H groups in total. The van der Waals surface area contributed by atoms with Crippen LogP contribution in [-0.4, -0.2) is 5.11 Å². The monoisotopic (exact) mass is 298 g/mol. The number of benzene rings is 4. The molecular formula is C22H18O. The molecule has 0 aliphatic rings. The summed E-state index contributed by atoms with van der Waals surface area (Å²) in [7, 11) is 0. The minimum absolute atomic E-state index is 0.323. The molecule has 1 heteroatoms. The van der Waals surface area contributed by atoms with Gasteiger partial charge in [-0.05, 0) is 22.4 Å². The van der Waals surface area contributed by atoms with Crippen LogP contribution in [0, 0.1) is 0 Å². The zero-order valence-corrected chi connectivity index (χ0v) is 12.8. The highest BCUT2D eigenvalue weighted by Crippen LogP contribution is 2.33. The Kier molecular flexibility index (Phi) is 4.70. The first kappa shape index (κ1) is 14.9. The molecule has 1 nitrogen and oxygen atoms in total. The molecule has 0 saturated heterocycles. The van der Waals surface area contributed by atoms with E-state index in [0.29, 0.717) is 5.75 Å². The Labute approximate surface area is 136 Å². The molecule has 0 atom stereocenters. The first-order valence-electron chi connectivity index (χ1n) is 7.62. The van der Waals surface area contributed by atoms with Gasteiger partial charge in [0.05, 0.1) is 0 Å². The van der Waals surface area contributed by atoms with Crippen LogP contribution >= 0.6 is 0 Å². The van der Waals surface area contributed by atoms with Crippen molar-refractivity contribution in [2.75, 3.05) is 0 Å². The molecule has 0 fully saturated rings. The fraction of sp³-hybridized carbons (Fsp3) is 0. The lowest BCUT2D eigenvalue weighted by Crippen LogP contribution is -1.81. The van der Waals surface area contributed by atoms with E-state index in [2.05, 4.69) is 18.2 Å². The van der Waals surface area contributed by atoms with Crippen LogP contribution < -0.4 is 0 Å². The van der Waals surface area contributed by atoms with Crippen molar-refractivity contribution in [3.8, 4) is 16.9 Å². The largest absolute Gasteiger partial charge is 0.507 e. The molecule has 4 aromatic carbocycles. The summed E-state index contributed by atoms with van der Waals surface area (Å²) >= 11 is 0. The maximum Gasteiger partial charge on any atom is 0.123 e. The molecule has 0 unspecified atom stereocenters. The average molecular weight is 298 g/mol. The molecule has 0 heterocycles. The van der Waals surface area contributed by atoms with Gasteiger partial charge in [-0.3, -0.25) is 0 Å². The SMILES string of the molecule is Oc1ccccc1-c1cccc2ccccc12.c1ccccc1. The van der Waals surface area contributed by atoms with Crippen molar-refractivity contribution in [2.24, 2.45) is 0 Å². The predicted octanol–water partition coefficient (Wildman–Crippen LogP) is 5.90. The molecule has 0 aromatic heterocycles. The van der Waals surface area contributed by atoms with Crippen LogP contribution in [0.1, 0.15) is 0 Å². The zero-order chi connectivity index (χ0) is 15.9. The molecule has 0 aliphatic heterocycles. The second-order valence-electron chi connectivity index (χ2n) is 5.20.